The number of aliphatic hydroxyl groups is 1. The molecule has 7 nitrogen and oxygen atoms in total. The van der Waals surface area contributed by atoms with Crippen LogP contribution in [0.15, 0.2) is 23.9 Å². The number of anilines is 2. The van der Waals surface area contributed by atoms with E-state index in [9.17, 15) is 9.90 Å². The molecule has 0 aromatic carbocycles. The van der Waals surface area contributed by atoms with Gasteiger partial charge in [-0.25, -0.2) is 9.97 Å². The molecule has 0 radical (unpaired) electrons. The molecular weight excluding hydrogens is 372 g/mol. The third-order valence-electron chi connectivity index (χ3n) is 3.85. The zero-order valence-electron chi connectivity index (χ0n) is 14.3. The summed E-state index contributed by atoms with van der Waals surface area (Å²) in [4.78, 5) is 21.9. The number of hydrogen-bond acceptors (Lipinski definition) is 8. The summed E-state index contributed by atoms with van der Waals surface area (Å²) in [6.07, 6.45) is 2.53. The number of hydrogen-bond donors (Lipinski definition) is 3. The van der Waals surface area contributed by atoms with Crippen molar-refractivity contribution in [2.75, 3.05) is 24.3 Å². The number of aromatic nitrogens is 2. The minimum Gasteiger partial charge on any atom is -0.507 e. The second-order valence-corrected chi connectivity index (χ2v) is 6.85. The molecule has 2 aromatic rings. The summed E-state index contributed by atoms with van der Waals surface area (Å²) in [5.41, 5.74) is 1.59. The third-order valence-corrected chi connectivity index (χ3v) is 5.08. The molecule has 0 unspecified atom stereocenters. The molecule has 0 atom stereocenters. The van der Waals surface area contributed by atoms with Gasteiger partial charge in [0.15, 0.2) is 5.13 Å². The lowest BCUT2D eigenvalue weighted by molar-refractivity contribution is 0.102. The number of nitrogens with zero attached hydrogens (tertiary/aromatic N) is 2. The second-order valence-electron chi connectivity index (χ2n) is 5.48. The molecule has 26 heavy (non-hydrogen) atoms. The van der Waals surface area contributed by atoms with Gasteiger partial charge in [0.05, 0.1) is 12.3 Å². The van der Waals surface area contributed by atoms with E-state index in [1.54, 1.807) is 19.2 Å². The largest absolute Gasteiger partial charge is 0.507 e. The van der Waals surface area contributed by atoms with Crippen LogP contribution < -0.4 is 10.6 Å². The van der Waals surface area contributed by atoms with E-state index in [1.807, 2.05) is 6.92 Å². The Balaban J connectivity index is 1.86. The standard InChI is InChI=1S/C17H18N4O3S2/c1-3-24-17(25)21-16-20-11-6-5-10(14(23)15(11)26-16)13(22)9-4-7-12(18-2)19-8-9/h4,7-8,22H,3,5-6H2,1-2H3,(H,18,19)(H,20,21,25). The molecule has 0 saturated heterocycles. The fourth-order valence-corrected chi connectivity index (χ4v) is 3.84. The van der Waals surface area contributed by atoms with Crippen LogP contribution >= 0.6 is 23.6 Å². The molecule has 0 bridgehead atoms. The monoisotopic (exact) mass is 390 g/mol. The first-order valence-corrected chi connectivity index (χ1v) is 9.30. The van der Waals surface area contributed by atoms with Crippen LogP contribution in [-0.4, -0.2) is 39.7 Å². The predicted molar refractivity (Wildman–Crippen MR) is 106 cm³/mol. The maximum absolute atomic E-state index is 12.8. The Hall–Kier alpha value is -2.52. The molecule has 3 rings (SSSR count). The number of thiazole rings is 1. The lowest BCUT2D eigenvalue weighted by Crippen LogP contribution is -2.14. The van der Waals surface area contributed by atoms with E-state index in [0.717, 1.165) is 0 Å². The molecule has 0 fully saturated rings. The highest BCUT2D eigenvalue weighted by molar-refractivity contribution is 7.80. The van der Waals surface area contributed by atoms with Crippen molar-refractivity contribution >= 4 is 51.2 Å². The number of carbonyl (C=O) groups excluding carboxylic acids is 1. The van der Waals surface area contributed by atoms with Gasteiger partial charge in [-0.05, 0) is 44.1 Å². The van der Waals surface area contributed by atoms with Crippen LogP contribution in [0, 0.1) is 0 Å². The molecule has 0 saturated carbocycles. The summed E-state index contributed by atoms with van der Waals surface area (Å²) in [6, 6.07) is 3.47. The van der Waals surface area contributed by atoms with E-state index in [4.69, 9.17) is 17.0 Å². The number of Topliss-reactive ketones (excluding diaryl/α,β-unsaturated/α-hetero) is 1. The number of thiocarbonyl (C=S) groups is 1. The number of carbonyl (C=O) groups is 1. The maximum Gasteiger partial charge on any atom is 0.262 e. The number of pyridine rings is 1. The van der Waals surface area contributed by atoms with Crippen LogP contribution in [0.4, 0.5) is 10.9 Å². The number of nitrogens with one attached hydrogen (secondary N) is 2. The number of ether oxygens (including phenoxy) is 1. The Bertz CT molecular complexity index is 875. The van der Waals surface area contributed by atoms with Gasteiger partial charge in [-0.3, -0.25) is 10.1 Å². The minimum absolute atomic E-state index is 0.0384. The molecule has 0 amide bonds. The van der Waals surface area contributed by atoms with Crippen LogP contribution in [0.5, 0.6) is 0 Å². The van der Waals surface area contributed by atoms with E-state index < -0.39 is 0 Å². The molecule has 0 spiro atoms. The first-order valence-electron chi connectivity index (χ1n) is 8.08. The van der Waals surface area contributed by atoms with E-state index in [2.05, 4.69) is 20.6 Å². The van der Waals surface area contributed by atoms with E-state index in [0.29, 0.717) is 52.1 Å². The first kappa shape index (κ1) is 18.3. The first-order chi connectivity index (χ1) is 12.5. The second kappa shape index (κ2) is 7.79. The van der Waals surface area contributed by atoms with Gasteiger partial charge < -0.3 is 15.2 Å². The number of aryl methyl sites for hydroxylation is 1. The number of rotatable bonds is 4. The van der Waals surface area contributed by atoms with Gasteiger partial charge in [0.1, 0.15) is 16.5 Å². The van der Waals surface area contributed by atoms with Crippen LogP contribution in [0.2, 0.25) is 0 Å². The predicted octanol–water partition coefficient (Wildman–Crippen LogP) is 3.41. The average Bonchev–Trinajstić information content (AvgIpc) is 3.05. The Morgan fingerprint density at radius 2 is 2.23 bits per heavy atom. The van der Waals surface area contributed by atoms with Gasteiger partial charge in [0, 0.05) is 24.4 Å². The molecule has 3 N–H and O–H groups in total. The Labute approximate surface area is 160 Å². The summed E-state index contributed by atoms with van der Waals surface area (Å²) in [5.74, 6) is 0.435. The maximum atomic E-state index is 12.8. The molecule has 9 heteroatoms. The van der Waals surface area contributed by atoms with E-state index >= 15 is 0 Å². The summed E-state index contributed by atoms with van der Waals surface area (Å²) < 4.78 is 5.18. The molecule has 136 valence electrons. The van der Waals surface area contributed by atoms with Gasteiger partial charge in [0.2, 0.25) is 5.78 Å². The molecule has 1 aliphatic rings. The summed E-state index contributed by atoms with van der Waals surface area (Å²) in [6.45, 7) is 2.29. The molecule has 1 aliphatic carbocycles. The van der Waals surface area contributed by atoms with Crippen molar-refractivity contribution in [2.24, 2.45) is 0 Å². The fourth-order valence-electron chi connectivity index (χ4n) is 2.58. The van der Waals surface area contributed by atoms with Crippen LogP contribution in [0.3, 0.4) is 0 Å². The van der Waals surface area contributed by atoms with Gasteiger partial charge >= 0.3 is 0 Å². The lowest BCUT2D eigenvalue weighted by Gasteiger charge is -2.14. The van der Waals surface area contributed by atoms with Crippen molar-refractivity contribution in [1.29, 1.82) is 0 Å². The topological polar surface area (TPSA) is 96.4 Å². The van der Waals surface area contributed by atoms with Gasteiger partial charge in [0.25, 0.3) is 5.17 Å². The van der Waals surface area contributed by atoms with Crippen LogP contribution in [0.25, 0.3) is 5.76 Å². The zero-order valence-corrected chi connectivity index (χ0v) is 16.0. The van der Waals surface area contributed by atoms with Crippen molar-refractivity contribution < 1.29 is 14.6 Å². The lowest BCUT2D eigenvalue weighted by atomic mass is 9.93. The number of allylic oxidation sites excluding steroid dienone is 1. The third kappa shape index (κ3) is 3.68. The summed E-state index contributed by atoms with van der Waals surface area (Å²) in [5, 5.41) is 17.1. The Kier molecular flexibility index (Phi) is 5.48. The van der Waals surface area contributed by atoms with Crippen molar-refractivity contribution in [3.8, 4) is 0 Å². The smallest absolute Gasteiger partial charge is 0.262 e. The fraction of sp³-hybridized carbons (Fsp3) is 0.294. The molecule has 2 heterocycles. The van der Waals surface area contributed by atoms with Gasteiger partial charge in [-0.1, -0.05) is 11.3 Å². The number of aliphatic hydroxyl groups excluding tert-OH is 1. The quantitative estimate of drug-likeness (QED) is 0.415. The number of ketones is 1. The van der Waals surface area contributed by atoms with Crippen LogP contribution in [-0.2, 0) is 11.2 Å². The van der Waals surface area contributed by atoms with Crippen LogP contribution in [0.1, 0.15) is 34.3 Å². The Morgan fingerprint density at radius 1 is 1.42 bits per heavy atom. The molecule has 0 aliphatic heterocycles. The summed E-state index contributed by atoms with van der Waals surface area (Å²) >= 11 is 6.25. The molecule has 2 aromatic heterocycles. The number of fused-ring (bicyclic) bond motifs is 1. The Morgan fingerprint density at radius 3 is 2.88 bits per heavy atom. The van der Waals surface area contributed by atoms with Crippen molar-refractivity contribution in [3.05, 3.63) is 40.0 Å². The highest BCUT2D eigenvalue weighted by atomic mass is 32.1. The van der Waals surface area contributed by atoms with E-state index in [1.165, 1.54) is 17.5 Å². The highest BCUT2D eigenvalue weighted by Crippen LogP contribution is 2.34. The van der Waals surface area contributed by atoms with Gasteiger partial charge in [-0.2, -0.15) is 0 Å². The van der Waals surface area contributed by atoms with Crippen molar-refractivity contribution in [3.63, 3.8) is 0 Å². The summed E-state index contributed by atoms with van der Waals surface area (Å²) in [7, 11) is 1.76. The average molecular weight is 390 g/mol. The highest BCUT2D eigenvalue weighted by Gasteiger charge is 2.29. The SMILES string of the molecule is CCOC(=S)Nc1nc2c(s1)C(=O)C(=C(O)c1ccc(NC)nc1)CC2. The zero-order chi connectivity index (χ0) is 18.7. The molecular formula is C17H18N4O3S2. The minimum atomic E-state index is -0.214. The van der Waals surface area contributed by atoms with Gasteiger partial charge in [-0.15, -0.1) is 0 Å². The normalized spacial score (nSPS) is 15.2. The van der Waals surface area contributed by atoms with Crippen molar-refractivity contribution in [2.45, 2.75) is 19.8 Å². The van der Waals surface area contributed by atoms with E-state index in [-0.39, 0.29) is 16.7 Å². The van der Waals surface area contributed by atoms with Crippen molar-refractivity contribution in [1.82, 2.24) is 9.97 Å².